The van der Waals surface area contributed by atoms with Crippen molar-refractivity contribution in [3.63, 3.8) is 0 Å². The average Bonchev–Trinajstić information content (AvgIpc) is 2.62. The number of quaternary nitrogens is 1. The normalized spacial score (nSPS) is 14.1. The van der Waals surface area contributed by atoms with Gasteiger partial charge >= 0.3 is 11.9 Å². The van der Waals surface area contributed by atoms with Crippen molar-refractivity contribution in [2.75, 3.05) is 47.5 Å². The molecular formula is C90H137NO8. The molecule has 550 valence electrons. The molecule has 2 unspecified atom stereocenters. The molecular weight excluding hydrogens is 1220 g/mol. The molecule has 0 aromatic carbocycles. The molecule has 0 heterocycles. The molecule has 0 aromatic rings. The van der Waals surface area contributed by atoms with E-state index >= 15 is 0 Å². The predicted molar refractivity (Wildman–Crippen MR) is 425 cm³/mol. The van der Waals surface area contributed by atoms with Gasteiger partial charge in [-0.2, -0.15) is 0 Å². The van der Waals surface area contributed by atoms with Crippen LogP contribution in [0.3, 0.4) is 0 Å². The van der Waals surface area contributed by atoms with Crippen LogP contribution in [0.15, 0.2) is 243 Å². The Morgan fingerprint density at radius 1 is 0.303 bits per heavy atom. The topological polar surface area (TPSA) is 111 Å². The van der Waals surface area contributed by atoms with Gasteiger partial charge in [0.05, 0.1) is 40.3 Å². The van der Waals surface area contributed by atoms with Gasteiger partial charge in [0, 0.05) is 12.8 Å². The van der Waals surface area contributed by atoms with Gasteiger partial charge in [-0.25, -0.2) is 0 Å². The van der Waals surface area contributed by atoms with E-state index in [1.54, 1.807) is 0 Å². The molecule has 99 heavy (non-hydrogen) atoms. The summed E-state index contributed by atoms with van der Waals surface area (Å²) in [7, 11) is 5.90. The number of unbranched alkanes of at least 4 members (excludes halogenated alkanes) is 12. The van der Waals surface area contributed by atoms with Crippen molar-refractivity contribution in [3.05, 3.63) is 243 Å². The van der Waals surface area contributed by atoms with Crippen molar-refractivity contribution in [3.8, 4) is 0 Å². The Hall–Kier alpha value is -6.91. The Balaban J connectivity index is 4.26. The third-order valence-corrected chi connectivity index (χ3v) is 15.1. The Morgan fingerprint density at radius 2 is 0.545 bits per heavy atom. The lowest BCUT2D eigenvalue weighted by molar-refractivity contribution is -0.870. The van der Waals surface area contributed by atoms with Crippen molar-refractivity contribution in [2.45, 2.75) is 257 Å². The molecule has 0 radical (unpaired) electrons. The van der Waals surface area contributed by atoms with Crippen molar-refractivity contribution >= 4 is 17.9 Å². The first-order valence-corrected chi connectivity index (χ1v) is 38.2. The largest absolute Gasteiger partial charge is 0.545 e. The molecule has 2 atom stereocenters. The number of carbonyl (C=O) groups excluding carboxylic acids is 3. The van der Waals surface area contributed by atoms with Gasteiger partial charge in [0.15, 0.2) is 12.4 Å². The first-order chi connectivity index (χ1) is 48.6. The quantitative estimate of drug-likeness (QED) is 0.0195. The molecule has 0 saturated carbocycles. The summed E-state index contributed by atoms with van der Waals surface area (Å²) in [6, 6.07) is 0. The van der Waals surface area contributed by atoms with Crippen molar-refractivity contribution in [2.24, 2.45) is 0 Å². The van der Waals surface area contributed by atoms with Crippen molar-refractivity contribution in [1.82, 2.24) is 0 Å². The van der Waals surface area contributed by atoms with E-state index in [2.05, 4.69) is 257 Å². The molecule has 0 spiro atoms. The average molecular weight is 1360 g/mol. The highest BCUT2D eigenvalue weighted by Gasteiger charge is 2.22. The van der Waals surface area contributed by atoms with E-state index in [4.69, 9.17) is 18.9 Å². The fourth-order valence-corrected chi connectivity index (χ4v) is 9.36. The number of aliphatic carboxylic acids is 1. The first-order valence-electron chi connectivity index (χ1n) is 38.2. The molecule has 0 bridgehead atoms. The van der Waals surface area contributed by atoms with E-state index in [9.17, 15) is 19.5 Å². The minimum atomic E-state index is -1.65. The highest BCUT2D eigenvalue weighted by atomic mass is 16.7. The highest BCUT2D eigenvalue weighted by Crippen LogP contribution is 2.14. The van der Waals surface area contributed by atoms with E-state index in [1.165, 1.54) is 25.7 Å². The standard InChI is InChI=1S/C90H137NO8/c1-6-8-10-12-14-16-18-20-22-24-26-28-30-32-34-36-38-40-41-42-43-44-45-46-47-49-51-53-55-57-59-61-63-65-67-69-71-73-75-77-79-81-88(93)99-86(85-98-90(89(94)95)96-83-82-91(3,4)5)84-97-87(92)80-78-76-74-72-70-68-66-64-62-60-58-56-54-52-50-48-39-37-35-33-31-29-27-25-23-21-19-17-15-13-11-9-7-2/h8-11,14-17,20-23,26-29,32-35,38-40,42-43,45-46,48-49,51-52,54-55,57-58,60-61,63,67,69,86,90H,6-7,12-13,18-19,24-25,30-31,36-37,41,44,47,50,53,56,59,62,64-66,68,70-85H2,1-5H3/b10-8-,11-9-,16-14-,17-15-,22-20-,23-21-,28-26-,29-27-,34-32-,35-33-,40-38-,43-42-,46-45-,48-39-,51-49-,54-52-,57-55-,60-58-,63-61-,69-67-. The summed E-state index contributed by atoms with van der Waals surface area (Å²) in [6.45, 7) is 4.44. The second-order valence-corrected chi connectivity index (χ2v) is 25.5. The number of rotatable bonds is 67. The van der Waals surface area contributed by atoms with Gasteiger partial charge in [0.2, 0.25) is 0 Å². The van der Waals surface area contributed by atoms with Crippen molar-refractivity contribution in [1.29, 1.82) is 0 Å². The van der Waals surface area contributed by atoms with Crippen LogP contribution in [-0.2, 0) is 33.3 Å². The number of hydrogen-bond acceptors (Lipinski definition) is 8. The van der Waals surface area contributed by atoms with Crippen LogP contribution in [0.4, 0.5) is 0 Å². The van der Waals surface area contributed by atoms with Crippen LogP contribution in [0.5, 0.6) is 0 Å². The van der Waals surface area contributed by atoms with Gasteiger partial charge in [-0.05, 0) is 167 Å². The molecule has 9 heteroatoms. The zero-order chi connectivity index (χ0) is 71.8. The lowest BCUT2D eigenvalue weighted by Crippen LogP contribution is -2.44. The summed E-state index contributed by atoms with van der Waals surface area (Å²) < 4.78 is 22.8. The Kier molecular flexibility index (Phi) is 71.5. The number of ether oxygens (including phenoxy) is 4. The van der Waals surface area contributed by atoms with E-state index in [0.29, 0.717) is 23.9 Å². The molecule has 0 aromatic heterocycles. The van der Waals surface area contributed by atoms with Crippen LogP contribution >= 0.6 is 0 Å². The van der Waals surface area contributed by atoms with Crippen LogP contribution < -0.4 is 5.11 Å². The van der Waals surface area contributed by atoms with Crippen LogP contribution in [0, 0.1) is 0 Å². The Labute approximate surface area is 605 Å². The van der Waals surface area contributed by atoms with E-state index in [-0.39, 0.29) is 38.6 Å². The smallest absolute Gasteiger partial charge is 0.306 e. The molecule has 0 saturated heterocycles. The number of hydrogen-bond donors (Lipinski definition) is 0. The number of nitrogens with zero attached hydrogens (tertiary/aromatic N) is 1. The maximum absolute atomic E-state index is 13.0. The lowest BCUT2D eigenvalue weighted by Gasteiger charge is -2.26. The minimum Gasteiger partial charge on any atom is -0.545 e. The SMILES string of the molecule is CC/C=C\C/C=C\C/C=C\C/C=C\C/C=C\C/C=C\C/C=C\C/C=C\C/C=C\C/C=C\C/C=C\C/C=C\CCCCCCC(=O)OC(COC(=O)CCCCCCCCCC/C=C\C/C=C\C/C=C\C/C=C\C/C=C\C/C=C\C/C=C\C/C=C\CC)COC(OCC[N+](C)(C)C)C(=O)[O-]. The van der Waals surface area contributed by atoms with Crippen molar-refractivity contribution < 1.29 is 42.9 Å². The number of allylic oxidation sites excluding steroid dienone is 40. The summed E-state index contributed by atoms with van der Waals surface area (Å²) in [6.07, 6.45) is 121. The summed E-state index contributed by atoms with van der Waals surface area (Å²) >= 11 is 0. The molecule has 0 amide bonds. The monoisotopic (exact) mass is 1360 g/mol. The fraction of sp³-hybridized carbons (Fsp3) is 0.522. The third kappa shape index (κ3) is 78.3. The van der Waals surface area contributed by atoms with Crippen LogP contribution in [0.1, 0.15) is 245 Å². The van der Waals surface area contributed by atoms with Gasteiger partial charge in [-0.15, -0.1) is 0 Å². The minimum absolute atomic E-state index is 0.127. The maximum atomic E-state index is 13.0. The number of esters is 2. The van der Waals surface area contributed by atoms with Gasteiger partial charge in [0.25, 0.3) is 0 Å². The predicted octanol–water partition coefficient (Wildman–Crippen LogP) is 23.5. The molecule has 0 aliphatic rings. The second-order valence-electron chi connectivity index (χ2n) is 25.5. The van der Waals surface area contributed by atoms with Crippen LogP contribution in [0.2, 0.25) is 0 Å². The summed E-state index contributed by atoms with van der Waals surface area (Å²) in [4.78, 5) is 37.6. The number of likely N-dealkylation sites (N-methyl/N-ethyl adjacent to an activating group) is 1. The number of carbonyl (C=O) groups is 3. The van der Waals surface area contributed by atoms with E-state index in [1.807, 2.05) is 21.1 Å². The molecule has 9 nitrogen and oxygen atoms in total. The summed E-state index contributed by atoms with van der Waals surface area (Å²) in [5.74, 6) is -2.36. The fourth-order valence-electron chi connectivity index (χ4n) is 9.36. The maximum Gasteiger partial charge on any atom is 0.306 e. The Bertz CT molecular complexity index is 2540. The zero-order valence-corrected chi connectivity index (χ0v) is 62.7. The highest BCUT2D eigenvalue weighted by molar-refractivity contribution is 5.70. The van der Waals surface area contributed by atoms with Gasteiger partial charge < -0.3 is 33.3 Å². The van der Waals surface area contributed by atoms with Crippen LogP contribution in [0.25, 0.3) is 0 Å². The molecule has 0 aliphatic heterocycles. The van der Waals surface area contributed by atoms with Gasteiger partial charge in [0.1, 0.15) is 13.2 Å². The molecule has 0 N–H and O–H groups in total. The lowest BCUT2D eigenvalue weighted by atomic mass is 10.1. The molecule has 0 rings (SSSR count). The van der Waals surface area contributed by atoms with E-state index < -0.39 is 24.3 Å². The first kappa shape index (κ1) is 92.1. The number of carboxylic acid groups (broad SMARTS) is 1. The third-order valence-electron chi connectivity index (χ3n) is 15.1. The molecule has 0 aliphatic carbocycles. The summed E-state index contributed by atoms with van der Waals surface area (Å²) in [5, 5.41) is 11.9. The zero-order valence-electron chi connectivity index (χ0n) is 62.7. The van der Waals surface area contributed by atoms with E-state index in [0.717, 1.165) is 180 Å². The van der Waals surface area contributed by atoms with Gasteiger partial charge in [-0.3, -0.25) is 9.59 Å². The second kappa shape index (κ2) is 76.8. The van der Waals surface area contributed by atoms with Gasteiger partial charge in [-0.1, -0.05) is 308 Å². The Morgan fingerprint density at radius 3 is 0.808 bits per heavy atom. The van der Waals surface area contributed by atoms with Crippen LogP contribution in [-0.4, -0.2) is 82.3 Å². The molecule has 0 fully saturated rings. The summed E-state index contributed by atoms with van der Waals surface area (Å²) in [5.41, 5.74) is 0. The number of carboxylic acids is 1.